The number of amides is 3. The van der Waals surface area contributed by atoms with Gasteiger partial charge in [0.2, 0.25) is 11.8 Å². The third-order valence-electron chi connectivity index (χ3n) is 5.98. The van der Waals surface area contributed by atoms with Gasteiger partial charge in [0.25, 0.3) is 0 Å². The van der Waals surface area contributed by atoms with Gasteiger partial charge in [-0.2, -0.15) is 5.10 Å². The summed E-state index contributed by atoms with van der Waals surface area (Å²) in [5.41, 5.74) is 0.759. The molecule has 0 aromatic heterocycles. The van der Waals surface area contributed by atoms with Crippen molar-refractivity contribution in [1.82, 2.24) is 20.4 Å². The Morgan fingerprint density at radius 2 is 2.05 bits per heavy atom. The van der Waals surface area contributed by atoms with E-state index in [0.29, 0.717) is 19.5 Å². The Balaban J connectivity index is 2.02. The van der Waals surface area contributed by atoms with Gasteiger partial charge in [0.15, 0.2) is 0 Å². The summed E-state index contributed by atoms with van der Waals surface area (Å²) in [6.07, 6.45) is 3.54. The normalized spacial score (nSPS) is 16.1. The van der Waals surface area contributed by atoms with E-state index in [1.165, 1.54) is 0 Å². The molecule has 2 atom stereocenters. The van der Waals surface area contributed by atoms with Crippen molar-refractivity contribution in [2.75, 3.05) is 32.7 Å². The fourth-order valence-corrected chi connectivity index (χ4v) is 4.09. The number of hydrazone groups is 1. The van der Waals surface area contributed by atoms with Gasteiger partial charge in [0.05, 0.1) is 6.42 Å². The number of nitrogens with two attached hydrogens (primary N) is 1. The largest absolute Gasteiger partial charge is 0.480 e. The van der Waals surface area contributed by atoms with Crippen molar-refractivity contribution < 1.29 is 29.0 Å². The molecule has 0 bridgehead atoms. The fraction of sp³-hybridized carbons (Fsp3) is 0.560. The lowest BCUT2D eigenvalue weighted by atomic mass is 9.98. The molecule has 1 fully saturated rings. The maximum Gasteiger partial charge on any atom is 0.408 e. The molecule has 0 saturated carbocycles. The number of nitrogens with zero attached hydrogens (tertiary/aromatic N) is 3. The van der Waals surface area contributed by atoms with E-state index in [9.17, 15) is 24.3 Å². The number of unbranched alkanes of at least 4 members (excludes halogenated alkanes) is 1. The van der Waals surface area contributed by atoms with Crippen molar-refractivity contribution in [2.24, 2.45) is 16.9 Å². The van der Waals surface area contributed by atoms with Gasteiger partial charge in [-0.3, -0.25) is 14.4 Å². The highest BCUT2D eigenvalue weighted by molar-refractivity contribution is 5.92. The molecule has 1 aromatic carbocycles. The van der Waals surface area contributed by atoms with E-state index in [2.05, 4.69) is 15.7 Å². The number of hydrogen-bond acceptors (Lipinski definition) is 7. The number of hydrogen-bond donors (Lipinski definition) is 4. The van der Waals surface area contributed by atoms with Crippen LogP contribution in [0.5, 0.6) is 0 Å². The minimum absolute atomic E-state index is 0.0151. The zero-order chi connectivity index (χ0) is 27.0. The smallest absolute Gasteiger partial charge is 0.408 e. The Morgan fingerprint density at radius 1 is 1.30 bits per heavy atom. The highest BCUT2D eigenvalue weighted by atomic mass is 16.5. The Kier molecular flexibility index (Phi) is 12.7. The number of rotatable bonds is 14. The molecule has 37 heavy (non-hydrogen) atoms. The molecular formula is C25H38N6O6. The van der Waals surface area contributed by atoms with Gasteiger partial charge >= 0.3 is 12.1 Å². The average molecular weight is 519 g/mol. The lowest BCUT2D eigenvalue weighted by Gasteiger charge is -2.31. The third kappa shape index (κ3) is 11.2. The summed E-state index contributed by atoms with van der Waals surface area (Å²) in [5, 5.41) is 18.1. The Bertz CT molecular complexity index is 912. The number of carboxylic acid groups (broad SMARTS) is 1. The van der Waals surface area contributed by atoms with Crippen LogP contribution < -0.4 is 16.5 Å². The first-order valence-corrected chi connectivity index (χ1v) is 12.5. The first kappa shape index (κ1) is 29.4. The molecule has 1 aliphatic rings. The van der Waals surface area contributed by atoms with E-state index >= 15 is 0 Å². The number of nitrogens with one attached hydrogen (secondary N) is 2. The second-order valence-electron chi connectivity index (χ2n) is 9.04. The number of ether oxygens (including phenoxy) is 1. The highest BCUT2D eigenvalue weighted by Crippen LogP contribution is 2.14. The maximum atomic E-state index is 13.2. The number of carbonyl (C=O) groups is 4. The number of carbonyl (C=O) groups excluding carboxylic acids is 3. The number of likely N-dealkylation sites (tertiary alicyclic amines) is 1. The van der Waals surface area contributed by atoms with Crippen LogP contribution in [-0.2, 0) is 25.7 Å². The van der Waals surface area contributed by atoms with E-state index in [4.69, 9.17) is 10.6 Å². The molecule has 1 aliphatic heterocycles. The van der Waals surface area contributed by atoms with Crippen LogP contribution in [0.3, 0.4) is 0 Å². The average Bonchev–Trinajstić information content (AvgIpc) is 2.88. The fourth-order valence-electron chi connectivity index (χ4n) is 4.09. The molecule has 12 heteroatoms. The van der Waals surface area contributed by atoms with Crippen molar-refractivity contribution in [3.63, 3.8) is 0 Å². The molecule has 204 valence electrons. The number of benzene rings is 1. The van der Waals surface area contributed by atoms with Crippen molar-refractivity contribution in [3.05, 3.63) is 35.9 Å². The number of alkyl carbamates (subject to hydrolysis) is 1. The number of aliphatic carboxylic acids is 1. The lowest BCUT2D eigenvalue weighted by Crippen LogP contribution is -2.52. The first-order chi connectivity index (χ1) is 17.8. The van der Waals surface area contributed by atoms with Gasteiger partial charge in [-0.15, -0.1) is 0 Å². The van der Waals surface area contributed by atoms with Crippen LogP contribution in [0.4, 0.5) is 4.79 Å². The summed E-state index contributed by atoms with van der Waals surface area (Å²) in [6, 6.07) is 7.74. The van der Waals surface area contributed by atoms with Gasteiger partial charge in [-0.25, -0.2) is 4.79 Å². The Morgan fingerprint density at radius 3 is 2.73 bits per heavy atom. The molecule has 2 rings (SSSR count). The summed E-state index contributed by atoms with van der Waals surface area (Å²) in [4.78, 5) is 53.0. The van der Waals surface area contributed by atoms with E-state index in [1.807, 2.05) is 17.9 Å². The second kappa shape index (κ2) is 16.0. The van der Waals surface area contributed by atoms with Crippen LogP contribution >= 0.6 is 0 Å². The molecule has 1 heterocycles. The van der Waals surface area contributed by atoms with E-state index in [1.54, 1.807) is 30.6 Å². The third-order valence-corrected chi connectivity index (χ3v) is 5.98. The van der Waals surface area contributed by atoms with Crippen molar-refractivity contribution >= 4 is 30.2 Å². The van der Waals surface area contributed by atoms with Crippen molar-refractivity contribution in [3.8, 4) is 0 Å². The summed E-state index contributed by atoms with van der Waals surface area (Å²) < 4.78 is 5.23. The topological polar surface area (TPSA) is 167 Å². The molecular weight excluding hydrogens is 480 g/mol. The van der Waals surface area contributed by atoms with E-state index in [0.717, 1.165) is 36.3 Å². The minimum Gasteiger partial charge on any atom is -0.480 e. The summed E-state index contributed by atoms with van der Waals surface area (Å²) in [6.45, 7) is 3.49. The zero-order valence-electron chi connectivity index (χ0n) is 21.3. The first-order valence-electron chi connectivity index (χ1n) is 12.5. The predicted octanol–water partition coefficient (Wildman–Crippen LogP) is 1.12. The molecule has 0 unspecified atom stereocenters. The van der Waals surface area contributed by atoms with Gasteiger partial charge in [-0.1, -0.05) is 43.7 Å². The standard InChI is InChI=1S/C25H38N6O6/c1-2-3-12-31(16-23(33)34)24(35)21(29-25(36)37-17-19-8-5-4-6-9-19)13-22(32)27-14-20-10-7-11-30(15-20)18-28-26/h4-6,8-9,18,20-21H,2-3,7,10-17,26H2,1H3,(H,27,32)(H,29,36)(H,33,34)/t20-,21-/m0/s1. The lowest BCUT2D eigenvalue weighted by molar-refractivity contribution is -0.145. The molecule has 1 saturated heterocycles. The van der Waals surface area contributed by atoms with Crippen LogP contribution in [-0.4, -0.2) is 83.9 Å². The minimum atomic E-state index is -1.27. The molecule has 0 spiro atoms. The SMILES string of the molecule is CCCCN(CC(=O)O)C(=O)[C@H](CC(=O)NC[C@@H]1CCCN(C=NN)C1)NC(=O)OCc1ccccc1. The number of carboxylic acids is 1. The summed E-state index contributed by atoms with van der Waals surface area (Å²) >= 11 is 0. The molecule has 1 aromatic rings. The number of piperidine rings is 1. The summed E-state index contributed by atoms with van der Waals surface area (Å²) in [5.74, 6) is 3.15. The van der Waals surface area contributed by atoms with Gasteiger partial charge < -0.3 is 36.1 Å². The Hall–Kier alpha value is -3.83. The maximum absolute atomic E-state index is 13.2. The monoisotopic (exact) mass is 518 g/mol. The molecule has 0 radical (unpaired) electrons. The van der Waals surface area contributed by atoms with E-state index < -0.39 is 36.5 Å². The van der Waals surface area contributed by atoms with Gasteiger partial charge in [-0.05, 0) is 30.7 Å². The molecule has 0 aliphatic carbocycles. The van der Waals surface area contributed by atoms with Crippen LogP contribution in [0.25, 0.3) is 0 Å². The van der Waals surface area contributed by atoms with Crippen molar-refractivity contribution in [1.29, 1.82) is 0 Å². The van der Waals surface area contributed by atoms with Gasteiger partial charge in [0, 0.05) is 26.2 Å². The molecule has 5 N–H and O–H groups in total. The summed E-state index contributed by atoms with van der Waals surface area (Å²) in [7, 11) is 0. The van der Waals surface area contributed by atoms with Crippen LogP contribution in [0, 0.1) is 5.92 Å². The van der Waals surface area contributed by atoms with Gasteiger partial charge in [0.1, 0.15) is 25.5 Å². The second-order valence-corrected chi connectivity index (χ2v) is 9.04. The molecule has 12 nitrogen and oxygen atoms in total. The Labute approximate surface area is 217 Å². The van der Waals surface area contributed by atoms with Crippen molar-refractivity contribution in [2.45, 2.75) is 51.7 Å². The predicted molar refractivity (Wildman–Crippen MR) is 137 cm³/mol. The van der Waals surface area contributed by atoms with Crippen LogP contribution in [0.2, 0.25) is 0 Å². The van der Waals surface area contributed by atoms with E-state index in [-0.39, 0.29) is 25.5 Å². The highest BCUT2D eigenvalue weighted by Gasteiger charge is 2.30. The van der Waals surface area contributed by atoms with Crippen LogP contribution in [0.15, 0.2) is 35.4 Å². The molecule has 3 amide bonds. The van der Waals surface area contributed by atoms with Crippen LogP contribution in [0.1, 0.15) is 44.6 Å². The quantitative estimate of drug-likeness (QED) is 0.123. The zero-order valence-corrected chi connectivity index (χ0v) is 21.3.